The largest absolute Gasteiger partial charge is 0.310 e. The lowest BCUT2D eigenvalue weighted by molar-refractivity contribution is 0.714. The van der Waals surface area contributed by atoms with Gasteiger partial charge in [-0.2, -0.15) is 0 Å². The van der Waals surface area contributed by atoms with Gasteiger partial charge in [-0.25, -0.2) is 0 Å². The second-order valence-corrected chi connectivity index (χ2v) is 14.3. The molecule has 0 radical (unpaired) electrons. The van der Waals surface area contributed by atoms with Gasteiger partial charge >= 0.3 is 0 Å². The maximum atomic E-state index is 2.45. The van der Waals surface area contributed by atoms with Crippen LogP contribution >= 0.6 is 0 Å². The predicted molar refractivity (Wildman–Crippen MR) is 224 cm³/mol. The van der Waals surface area contributed by atoms with Gasteiger partial charge in [0.25, 0.3) is 0 Å². The molecule has 0 fully saturated rings. The summed E-state index contributed by atoms with van der Waals surface area (Å²) in [6.07, 6.45) is 0. The summed E-state index contributed by atoms with van der Waals surface area (Å²) in [4.78, 5) is 2.45. The summed E-state index contributed by atoms with van der Waals surface area (Å²) in [6.45, 7) is 2.39. The van der Waals surface area contributed by atoms with Crippen LogP contribution < -0.4 is 4.90 Å². The maximum Gasteiger partial charge on any atom is 0.0543 e. The third-order valence-electron chi connectivity index (χ3n) is 11.3. The quantitative estimate of drug-likeness (QED) is 0.170. The Morgan fingerprint density at radius 2 is 0.830 bits per heavy atom. The fourth-order valence-corrected chi connectivity index (χ4v) is 8.56. The molecule has 0 spiro atoms. The highest BCUT2D eigenvalue weighted by atomic mass is 15.1. The second-order valence-electron chi connectivity index (χ2n) is 14.3. The highest BCUT2D eigenvalue weighted by Gasteiger charge is 2.42. The van der Waals surface area contributed by atoms with Crippen LogP contribution in [0.25, 0.3) is 54.9 Å². The molecule has 1 aliphatic carbocycles. The van der Waals surface area contributed by atoms with Crippen molar-refractivity contribution in [1.82, 2.24) is 0 Å². The lowest BCUT2D eigenvalue weighted by atomic mass is 9.74. The average molecular weight is 676 g/mol. The number of hydrogen-bond acceptors (Lipinski definition) is 1. The molecule has 250 valence electrons. The highest BCUT2D eigenvalue weighted by molar-refractivity contribution is 5.97. The van der Waals surface area contributed by atoms with Crippen LogP contribution in [0.1, 0.15) is 23.6 Å². The average Bonchev–Trinajstić information content (AvgIpc) is 3.50. The SMILES string of the molecule is CC1(c2ccccc2)c2ccccc2-c2c(N(c3ccc(-c4ccc5ccccc5c4)cc3)c3ccc(-c4ccc5ccccc5c4)cc3)cccc21. The fraction of sp³-hybridized carbons (Fsp3) is 0.0385. The molecule has 1 nitrogen and oxygen atoms in total. The Hall–Kier alpha value is -6.70. The molecule has 0 bridgehead atoms. The molecule has 1 heteroatoms. The van der Waals surface area contributed by atoms with Crippen molar-refractivity contribution >= 4 is 38.6 Å². The van der Waals surface area contributed by atoms with E-state index in [9.17, 15) is 0 Å². The smallest absolute Gasteiger partial charge is 0.0543 e. The summed E-state index contributed by atoms with van der Waals surface area (Å²) in [5.41, 5.74) is 14.5. The van der Waals surface area contributed by atoms with E-state index in [1.54, 1.807) is 0 Å². The molecule has 0 saturated heterocycles. The number of rotatable bonds is 6. The van der Waals surface area contributed by atoms with Gasteiger partial charge in [-0.3, -0.25) is 0 Å². The zero-order valence-electron chi connectivity index (χ0n) is 29.6. The van der Waals surface area contributed by atoms with Gasteiger partial charge in [0.2, 0.25) is 0 Å². The summed E-state index contributed by atoms with van der Waals surface area (Å²) in [7, 11) is 0. The first-order chi connectivity index (χ1) is 26.1. The van der Waals surface area contributed by atoms with E-state index >= 15 is 0 Å². The normalized spacial score (nSPS) is 14.6. The molecule has 0 aromatic heterocycles. The summed E-state index contributed by atoms with van der Waals surface area (Å²) in [5.74, 6) is 0. The molecule has 1 unspecified atom stereocenters. The topological polar surface area (TPSA) is 3.24 Å². The first kappa shape index (κ1) is 31.1. The van der Waals surface area contributed by atoms with Gasteiger partial charge < -0.3 is 4.90 Å². The van der Waals surface area contributed by atoms with Crippen LogP contribution in [0.15, 0.2) is 206 Å². The van der Waals surface area contributed by atoms with Gasteiger partial charge in [-0.05, 0) is 115 Å². The number of hydrogen-bond donors (Lipinski definition) is 0. The number of benzene rings is 9. The minimum atomic E-state index is -0.283. The molecule has 0 aliphatic heterocycles. The van der Waals surface area contributed by atoms with E-state index in [-0.39, 0.29) is 5.41 Å². The Bertz CT molecular complexity index is 2660. The van der Waals surface area contributed by atoms with E-state index in [2.05, 4.69) is 218 Å². The Labute approximate surface area is 311 Å². The van der Waals surface area contributed by atoms with Crippen LogP contribution in [0.4, 0.5) is 17.1 Å². The molecule has 0 amide bonds. The molecule has 53 heavy (non-hydrogen) atoms. The van der Waals surface area contributed by atoms with Crippen molar-refractivity contribution in [1.29, 1.82) is 0 Å². The molecule has 1 aliphatic rings. The lowest BCUT2D eigenvalue weighted by Gasteiger charge is -2.30. The minimum Gasteiger partial charge on any atom is -0.310 e. The van der Waals surface area contributed by atoms with Crippen molar-refractivity contribution in [3.63, 3.8) is 0 Å². The molecule has 0 N–H and O–H groups in total. The molecule has 1 atom stereocenters. The van der Waals surface area contributed by atoms with Crippen LogP contribution in [0.5, 0.6) is 0 Å². The standard InChI is InChI=1S/C52H37N/c1-52(44-16-3-2-4-17-44)48-19-10-9-18-47(48)51-49(52)20-11-21-50(51)53(45-30-26-38(27-31-45)42-24-22-36-12-5-7-14-40(36)34-42)46-32-28-39(29-33-46)43-25-23-37-13-6-8-15-41(37)35-43/h2-35H,1H3. The van der Waals surface area contributed by atoms with E-state index < -0.39 is 0 Å². The van der Waals surface area contributed by atoms with Crippen LogP contribution in [0.2, 0.25) is 0 Å². The maximum absolute atomic E-state index is 2.45. The summed E-state index contributed by atoms with van der Waals surface area (Å²) in [5, 5.41) is 5.02. The van der Waals surface area contributed by atoms with Gasteiger partial charge in [0.05, 0.1) is 5.69 Å². The van der Waals surface area contributed by atoms with Crippen molar-refractivity contribution in [3.05, 3.63) is 223 Å². The van der Waals surface area contributed by atoms with E-state index in [1.807, 2.05) is 0 Å². The van der Waals surface area contributed by atoms with Gasteiger partial charge in [0.1, 0.15) is 0 Å². The van der Waals surface area contributed by atoms with E-state index in [0.29, 0.717) is 0 Å². The van der Waals surface area contributed by atoms with Crippen LogP contribution in [-0.4, -0.2) is 0 Å². The summed E-state index contributed by atoms with van der Waals surface area (Å²) < 4.78 is 0. The zero-order chi connectivity index (χ0) is 35.4. The van der Waals surface area contributed by atoms with Gasteiger partial charge in [0, 0.05) is 22.4 Å². The monoisotopic (exact) mass is 675 g/mol. The van der Waals surface area contributed by atoms with Gasteiger partial charge in [-0.15, -0.1) is 0 Å². The summed E-state index contributed by atoms with van der Waals surface area (Å²) in [6, 6.07) is 75.6. The van der Waals surface area contributed by atoms with Crippen LogP contribution in [0.3, 0.4) is 0 Å². The Kier molecular flexibility index (Phi) is 7.33. The molecule has 0 heterocycles. The first-order valence-corrected chi connectivity index (χ1v) is 18.4. The van der Waals surface area contributed by atoms with Gasteiger partial charge in [-0.1, -0.05) is 164 Å². The van der Waals surface area contributed by atoms with Gasteiger partial charge in [0.15, 0.2) is 0 Å². The second kappa shape index (κ2) is 12.5. The molecule has 9 aromatic rings. The van der Waals surface area contributed by atoms with Crippen LogP contribution in [0, 0.1) is 0 Å². The predicted octanol–water partition coefficient (Wildman–Crippen LogP) is 14.1. The molecule has 9 aromatic carbocycles. The zero-order valence-corrected chi connectivity index (χ0v) is 29.6. The molecule has 0 saturated carbocycles. The molecular formula is C52H37N. The molecular weight excluding hydrogens is 639 g/mol. The third-order valence-corrected chi connectivity index (χ3v) is 11.3. The first-order valence-electron chi connectivity index (χ1n) is 18.4. The number of anilines is 3. The highest BCUT2D eigenvalue weighted by Crippen LogP contribution is 2.56. The molecule has 10 rings (SSSR count). The van der Waals surface area contributed by atoms with E-state index in [1.165, 1.54) is 77.3 Å². The fourth-order valence-electron chi connectivity index (χ4n) is 8.56. The van der Waals surface area contributed by atoms with E-state index in [4.69, 9.17) is 0 Å². The lowest BCUT2D eigenvalue weighted by Crippen LogP contribution is -2.22. The number of nitrogens with zero attached hydrogens (tertiary/aromatic N) is 1. The summed E-state index contributed by atoms with van der Waals surface area (Å²) >= 11 is 0. The Morgan fingerprint density at radius 3 is 1.42 bits per heavy atom. The van der Waals surface area contributed by atoms with Crippen molar-refractivity contribution in [3.8, 4) is 33.4 Å². The van der Waals surface area contributed by atoms with Crippen molar-refractivity contribution < 1.29 is 0 Å². The number of fused-ring (bicyclic) bond motifs is 5. The Morgan fingerprint density at radius 1 is 0.358 bits per heavy atom. The van der Waals surface area contributed by atoms with Crippen molar-refractivity contribution in [2.24, 2.45) is 0 Å². The Balaban J connectivity index is 1.13. The minimum absolute atomic E-state index is 0.283. The van der Waals surface area contributed by atoms with Crippen molar-refractivity contribution in [2.75, 3.05) is 4.90 Å². The van der Waals surface area contributed by atoms with Crippen LogP contribution in [-0.2, 0) is 5.41 Å². The van der Waals surface area contributed by atoms with E-state index in [0.717, 1.165) is 11.4 Å². The van der Waals surface area contributed by atoms with Crippen molar-refractivity contribution in [2.45, 2.75) is 12.3 Å². The third kappa shape index (κ3) is 5.16.